The number of benzene rings is 1. The molecule has 134 valence electrons. The highest BCUT2D eigenvalue weighted by molar-refractivity contribution is 7.16. The Morgan fingerprint density at radius 1 is 1.23 bits per heavy atom. The van der Waals surface area contributed by atoms with Gasteiger partial charge in [-0.25, -0.2) is 4.79 Å². The van der Waals surface area contributed by atoms with Gasteiger partial charge in [0, 0.05) is 4.88 Å². The highest BCUT2D eigenvalue weighted by Crippen LogP contribution is 2.36. The molecule has 0 aliphatic heterocycles. The number of esters is 1. The summed E-state index contributed by atoms with van der Waals surface area (Å²) in [5.74, 6) is -1.49. The predicted octanol–water partition coefficient (Wildman–Crippen LogP) is 3.39. The number of fused-ring (bicyclic) bond motifs is 1. The monoisotopic (exact) mass is 370 g/mol. The second kappa shape index (κ2) is 8.02. The van der Waals surface area contributed by atoms with Crippen molar-refractivity contribution in [2.24, 2.45) is 0 Å². The molecule has 1 aliphatic rings. The van der Waals surface area contributed by atoms with Crippen LogP contribution in [0.15, 0.2) is 24.3 Å². The van der Waals surface area contributed by atoms with Crippen LogP contribution in [0.25, 0.3) is 0 Å². The minimum absolute atomic E-state index is 0.000789. The van der Waals surface area contributed by atoms with Gasteiger partial charge in [0.05, 0.1) is 5.56 Å². The molecule has 0 spiro atoms. The Hall–Kier alpha value is -2.85. The number of nitrogens with zero attached hydrogens (tertiary/aromatic N) is 1. The summed E-state index contributed by atoms with van der Waals surface area (Å²) in [4.78, 5) is 25.2. The predicted molar refractivity (Wildman–Crippen MR) is 97.3 cm³/mol. The summed E-state index contributed by atoms with van der Waals surface area (Å²) < 4.78 is 4.95. The van der Waals surface area contributed by atoms with E-state index < -0.39 is 18.5 Å². The lowest BCUT2D eigenvalue weighted by molar-refractivity contribution is -0.119. The number of phenolic OH excluding ortho intramolecular Hbond substituents is 1. The summed E-state index contributed by atoms with van der Waals surface area (Å²) >= 11 is 1.43. The lowest BCUT2D eigenvalue weighted by Gasteiger charge is -2.07. The molecule has 0 fully saturated rings. The number of rotatable bonds is 4. The fourth-order valence-electron chi connectivity index (χ4n) is 2.97. The molecule has 0 bridgehead atoms. The van der Waals surface area contributed by atoms with Gasteiger partial charge in [-0.05, 0) is 43.4 Å². The maximum atomic E-state index is 12.1. The van der Waals surface area contributed by atoms with E-state index >= 15 is 0 Å². The minimum atomic E-state index is -0.777. The van der Waals surface area contributed by atoms with E-state index in [1.807, 2.05) is 0 Å². The molecular weight excluding hydrogens is 352 g/mol. The molecule has 1 amide bonds. The number of amides is 1. The third kappa shape index (κ3) is 3.86. The molecule has 1 heterocycles. The van der Waals surface area contributed by atoms with Gasteiger partial charge in [0.2, 0.25) is 0 Å². The molecule has 0 saturated carbocycles. The van der Waals surface area contributed by atoms with E-state index in [4.69, 9.17) is 4.74 Å². The van der Waals surface area contributed by atoms with E-state index in [1.54, 1.807) is 12.1 Å². The number of carbonyl (C=O) groups is 2. The summed E-state index contributed by atoms with van der Waals surface area (Å²) in [5, 5.41) is 22.3. The van der Waals surface area contributed by atoms with Crippen LogP contribution in [0.2, 0.25) is 0 Å². The third-order valence-electron chi connectivity index (χ3n) is 4.24. The number of nitrogens with one attached hydrogen (secondary N) is 1. The van der Waals surface area contributed by atoms with Crippen LogP contribution in [-0.4, -0.2) is 23.6 Å². The first-order valence-electron chi connectivity index (χ1n) is 8.39. The van der Waals surface area contributed by atoms with Crippen LogP contribution in [0, 0.1) is 11.3 Å². The molecular formula is C19H18N2O4S. The molecule has 3 rings (SSSR count). The zero-order valence-electron chi connectivity index (χ0n) is 14.1. The molecule has 1 aromatic carbocycles. The summed E-state index contributed by atoms with van der Waals surface area (Å²) in [7, 11) is 0. The lowest BCUT2D eigenvalue weighted by Crippen LogP contribution is -2.21. The molecule has 0 radical (unpaired) electrons. The standard InChI is InChI=1S/C19H18N2O4S/c20-10-14-12-6-2-1-3-9-16(12)26-18(14)21-17(23)11-25-19(24)13-7-4-5-8-15(13)22/h4-5,7-8,22H,1-3,6,9,11H2,(H,21,23). The summed E-state index contributed by atoms with van der Waals surface area (Å²) in [6, 6.07) is 8.15. The Labute approximate surface area is 155 Å². The smallest absolute Gasteiger partial charge is 0.342 e. The maximum Gasteiger partial charge on any atom is 0.342 e. The van der Waals surface area contributed by atoms with Crippen LogP contribution >= 0.6 is 11.3 Å². The number of phenols is 1. The van der Waals surface area contributed by atoms with Crippen molar-refractivity contribution >= 4 is 28.2 Å². The van der Waals surface area contributed by atoms with E-state index in [9.17, 15) is 20.0 Å². The molecule has 6 nitrogen and oxygen atoms in total. The molecule has 7 heteroatoms. The topological polar surface area (TPSA) is 99.4 Å². The maximum absolute atomic E-state index is 12.1. The Morgan fingerprint density at radius 2 is 2.00 bits per heavy atom. The van der Waals surface area contributed by atoms with Crippen molar-refractivity contribution in [3.05, 3.63) is 45.8 Å². The number of ether oxygens (including phenoxy) is 1. The summed E-state index contributed by atoms with van der Waals surface area (Å²) in [6.07, 6.45) is 5.06. The molecule has 26 heavy (non-hydrogen) atoms. The quantitative estimate of drug-likeness (QED) is 0.635. The first-order chi connectivity index (χ1) is 12.6. The van der Waals surface area contributed by atoms with Gasteiger partial charge in [0.1, 0.15) is 22.4 Å². The normalized spacial score (nSPS) is 13.2. The van der Waals surface area contributed by atoms with Gasteiger partial charge < -0.3 is 15.2 Å². The Morgan fingerprint density at radius 3 is 2.77 bits per heavy atom. The van der Waals surface area contributed by atoms with Crippen LogP contribution in [0.3, 0.4) is 0 Å². The van der Waals surface area contributed by atoms with E-state index in [-0.39, 0.29) is 11.3 Å². The molecule has 0 saturated heterocycles. The number of aryl methyl sites for hydroxylation is 1. The van der Waals surface area contributed by atoms with Crippen molar-refractivity contribution in [2.45, 2.75) is 32.1 Å². The van der Waals surface area contributed by atoms with Crippen molar-refractivity contribution in [3.63, 3.8) is 0 Å². The van der Waals surface area contributed by atoms with Gasteiger partial charge in [0.15, 0.2) is 6.61 Å². The van der Waals surface area contributed by atoms with Gasteiger partial charge in [0.25, 0.3) is 5.91 Å². The van der Waals surface area contributed by atoms with Crippen molar-refractivity contribution in [3.8, 4) is 11.8 Å². The summed E-state index contributed by atoms with van der Waals surface area (Å²) in [6.45, 7) is -0.486. The van der Waals surface area contributed by atoms with Crippen LogP contribution in [0.4, 0.5) is 5.00 Å². The Bertz CT molecular complexity index is 882. The average Bonchev–Trinajstić information content (AvgIpc) is 2.79. The molecule has 2 N–H and O–H groups in total. The zero-order chi connectivity index (χ0) is 18.5. The number of hydrogen-bond acceptors (Lipinski definition) is 6. The summed E-state index contributed by atoms with van der Waals surface area (Å²) in [5.41, 5.74) is 1.56. The van der Waals surface area contributed by atoms with Crippen molar-refractivity contribution in [2.75, 3.05) is 11.9 Å². The number of nitriles is 1. The zero-order valence-corrected chi connectivity index (χ0v) is 14.9. The van der Waals surface area contributed by atoms with Crippen LogP contribution in [-0.2, 0) is 22.4 Å². The van der Waals surface area contributed by atoms with Gasteiger partial charge in [-0.2, -0.15) is 5.26 Å². The molecule has 0 atom stereocenters. The number of thiophene rings is 1. The SMILES string of the molecule is N#Cc1c(NC(=O)COC(=O)c2ccccc2O)sc2c1CCCCC2. The molecule has 2 aromatic rings. The van der Waals surface area contributed by atoms with Gasteiger partial charge in [-0.15, -0.1) is 11.3 Å². The van der Waals surface area contributed by atoms with Gasteiger partial charge in [-0.1, -0.05) is 18.6 Å². The van der Waals surface area contributed by atoms with Gasteiger partial charge in [-0.3, -0.25) is 4.79 Å². The third-order valence-corrected chi connectivity index (χ3v) is 5.45. The number of anilines is 1. The molecule has 1 aromatic heterocycles. The van der Waals surface area contributed by atoms with E-state index in [0.717, 1.165) is 42.5 Å². The largest absolute Gasteiger partial charge is 0.507 e. The van der Waals surface area contributed by atoms with E-state index in [0.29, 0.717) is 10.6 Å². The fourth-order valence-corrected chi connectivity index (χ4v) is 4.22. The van der Waals surface area contributed by atoms with Crippen molar-refractivity contribution in [1.29, 1.82) is 5.26 Å². The molecule has 1 aliphatic carbocycles. The first-order valence-corrected chi connectivity index (χ1v) is 9.21. The fraction of sp³-hybridized carbons (Fsp3) is 0.316. The highest BCUT2D eigenvalue weighted by Gasteiger charge is 2.21. The number of aromatic hydroxyl groups is 1. The first kappa shape index (κ1) is 18.0. The Kier molecular flexibility index (Phi) is 5.54. The second-order valence-corrected chi connectivity index (χ2v) is 7.13. The van der Waals surface area contributed by atoms with Crippen LogP contribution in [0.5, 0.6) is 5.75 Å². The average molecular weight is 370 g/mol. The molecule has 0 unspecified atom stereocenters. The van der Waals surface area contributed by atoms with Gasteiger partial charge >= 0.3 is 5.97 Å². The lowest BCUT2D eigenvalue weighted by atomic mass is 10.1. The highest BCUT2D eigenvalue weighted by atomic mass is 32.1. The second-order valence-electron chi connectivity index (χ2n) is 6.02. The number of carbonyl (C=O) groups excluding carboxylic acids is 2. The number of hydrogen-bond donors (Lipinski definition) is 2. The van der Waals surface area contributed by atoms with E-state index in [1.165, 1.54) is 23.5 Å². The minimum Gasteiger partial charge on any atom is -0.507 e. The Balaban J connectivity index is 1.65. The van der Waals surface area contributed by atoms with Crippen LogP contribution in [0.1, 0.15) is 45.6 Å². The van der Waals surface area contributed by atoms with Crippen molar-refractivity contribution in [1.82, 2.24) is 0 Å². The van der Waals surface area contributed by atoms with Crippen molar-refractivity contribution < 1.29 is 19.4 Å². The van der Waals surface area contributed by atoms with Crippen LogP contribution < -0.4 is 5.32 Å². The van der Waals surface area contributed by atoms with E-state index in [2.05, 4.69) is 11.4 Å². The number of para-hydroxylation sites is 1.